The number of carbonyl (C=O) groups is 2. The van der Waals surface area contributed by atoms with E-state index in [2.05, 4.69) is 15.5 Å². The summed E-state index contributed by atoms with van der Waals surface area (Å²) in [5.74, 6) is 0.576. The van der Waals surface area contributed by atoms with Crippen LogP contribution in [0, 0.1) is 5.92 Å². The summed E-state index contributed by atoms with van der Waals surface area (Å²) in [4.78, 5) is 30.8. The topological polar surface area (TPSA) is 97.6 Å². The Balaban J connectivity index is 1.31. The number of halogens is 1. The average Bonchev–Trinajstić information content (AvgIpc) is 3.34. The third kappa shape index (κ3) is 4.18. The van der Waals surface area contributed by atoms with Crippen LogP contribution >= 0.6 is 11.6 Å². The van der Waals surface area contributed by atoms with Gasteiger partial charge in [0.25, 0.3) is 0 Å². The van der Waals surface area contributed by atoms with Gasteiger partial charge in [-0.3, -0.25) is 9.59 Å². The molecule has 1 atom stereocenters. The molecule has 1 aromatic carbocycles. The molecule has 28 heavy (non-hydrogen) atoms. The van der Waals surface area contributed by atoms with Crippen molar-refractivity contribution in [3.8, 4) is 0 Å². The van der Waals surface area contributed by atoms with Crippen molar-refractivity contribution in [3.63, 3.8) is 0 Å². The second kappa shape index (κ2) is 8.28. The molecule has 0 spiro atoms. The number of hydrogen-bond acceptors (Lipinski definition) is 6. The lowest BCUT2D eigenvalue weighted by atomic mass is 10.00. The van der Waals surface area contributed by atoms with Gasteiger partial charge in [0.05, 0.1) is 12.5 Å². The number of nitrogens with zero attached hydrogens (tertiary/aromatic N) is 3. The Morgan fingerprint density at radius 1 is 1.25 bits per heavy atom. The Labute approximate surface area is 167 Å². The molecule has 0 bridgehead atoms. The fraction of sp³-hybridized carbons (Fsp3) is 0.474. The second-order valence-electron chi connectivity index (χ2n) is 7.03. The SMILES string of the molecule is O=C(NCc1nc(C2CCOCC2)no1)[C@H]1CC(=O)N(c2ccc(Cl)cc2)C1. The van der Waals surface area contributed by atoms with Gasteiger partial charge in [0.2, 0.25) is 17.7 Å². The van der Waals surface area contributed by atoms with Crippen molar-refractivity contribution in [2.24, 2.45) is 5.92 Å². The normalized spacial score (nSPS) is 20.5. The third-order valence-corrected chi connectivity index (χ3v) is 5.37. The van der Waals surface area contributed by atoms with E-state index in [4.69, 9.17) is 20.9 Å². The van der Waals surface area contributed by atoms with E-state index in [0.29, 0.717) is 36.5 Å². The standard InChI is InChI=1S/C19H21ClN4O4/c20-14-1-3-15(4-2-14)24-11-13(9-17(24)25)19(26)21-10-16-22-18(23-28-16)12-5-7-27-8-6-12/h1-4,12-13H,5-11H2,(H,21,26)/t13-/m0/s1. The number of ether oxygens (including phenoxy) is 1. The van der Waals surface area contributed by atoms with Gasteiger partial charge in [-0.1, -0.05) is 16.8 Å². The molecule has 2 aromatic rings. The van der Waals surface area contributed by atoms with Crippen molar-refractivity contribution < 1.29 is 18.8 Å². The lowest BCUT2D eigenvalue weighted by molar-refractivity contribution is -0.126. The molecule has 9 heteroatoms. The highest BCUT2D eigenvalue weighted by Crippen LogP contribution is 2.27. The van der Waals surface area contributed by atoms with Crippen LogP contribution in [0.3, 0.4) is 0 Å². The molecule has 8 nitrogen and oxygen atoms in total. The van der Waals surface area contributed by atoms with Crippen molar-refractivity contribution in [1.82, 2.24) is 15.5 Å². The van der Waals surface area contributed by atoms with Crippen LogP contribution in [-0.4, -0.2) is 41.7 Å². The summed E-state index contributed by atoms with van der Waals surface area (Å²) in [5, 5.41) is 7.42. The van der Waals surface area contributed by atoms with Gasteiger partial charge in [-0.05, 0) is 37.1 Å². The van der Waals surface area contributed by atoms with E-state index in [-0.39, 0.29) is 30.7 Å². The molecule has 2 aliphatic rings. The molecule has 148 valence electrons. The fourth-order valence-electron chi connectivity index (χ4n) is 3.52. The summed E-state index contributed by atoms with van der Waals surface area (Å²) in [7, 11) is 0. The number of anilines is 1. The molecule has 4 rings (SSSR count). The van der Waals surface area contributed by atoms with E-state index in [1.807, 2.05) is 0 Å². The van der Waals surface area contributed by atoms with Gasteiger partial charge in [0.1, 0.15) is 0 Å². The minimum Gasteiger partial charge on any atom is -0.381 e. The molecule has 2 saturated heterocycles. The molecule has 3 heterocycles. The molecule has 2 fully saturated rings. The van der Waals surface area contributed by atoms with Crippen molar-refractivity contribution in [1.29, 1.82) is 0 Å². The van der Waals surface area contributed by atoms with Crippen LogP contribution in [0.2, 0.25) is 5.02 Å². The minimum atomic E-state index is -0.416. The Morgan fingerprint density at radius 2 is 2.00 bits per heavy atom. The largest absolute Gasteiger partial charge is 0.381 e. The summed E-state index contributed by atoms with van der Waals surface area (Å²) in [5.41, 5.74) is 0.739. The highest BCUT2D eigenvalue weighted by Gasteiger charge is 2.35. The molecule has 0 aliphatic carbocycles. The highest BCUT2D eigenvalue weighted by molar-refractivity contribution is 6.30. The minimum absolute atomic E-state index is 0.0814. The number of amides is 2. The summed E-state index contributed by atoms with van der Waals surface area (Å²) >= 11 is 5.89. The first-order valence-electron chi connectivity index (χ1n) is 9.34. The van der Waals surface area contributed by atoms with E-state index in [1.54, 1.807) is 29.2 Å². The monoisotopic (exact) mass is 404 g/mol. The van der Waals surface area contributed by atoms with E-state index < -0.39 is 5.92 Å². The zero-order chi connectivity index (χ0) is 19.5. The van der Waals surface area contributed by atoms with Gasteiger partial charge >= 0.3 is 0 Å². The second-order valence-corrected chi connectivity index (χ2v) is 7.47. The van der Waals surface area contributed by atoms with Crippen LogP contribution in [0.1, 0.15) is 36.9 Å². The number of benzene rings is 1. The van der Waals surface area contributed by atoms with Crippen LogP contribution in [0.4, 0.5) is 5.69 Å². The molecule has 0 unspecified atom stereocenters. The predicted molar refractivity (Wildman–Crippen MR) is 101 cm³/mol. The summed E-state index contributed by atoms with van der Waals surface area (Å²) in [6.07, 6.45) is 1.91. The highest BCUT2D eigenvalue weighted by atomic mass is 35.5. The van der Waals surface area contributed by atoms with Gasteiger partial charge in [-0.2, -0.15) is 4.98 Å². The van der Waals surface area contributed by atoms with Crippen LogP contribution in [-0.2, 0) is 20.9 Å². The molecule has 2 amide bonds. The summed E-state index contributed by atoms with van der Waals surface area (Å²) in [6.45, 7) is 1.89. The lowest BCUT2D eigenvalue weighted by Gasteiger charge is -2.18. The first kappa shape index (κ1) is 18.9. The van der Waals surface area contributed by atoms with Crippen molar-refractivity contribution in [2.75, 3.05) is 24.7 Å². The zero-order valence-corrected chi connectivity index (χ0v) is 16.0. The number of hydrogen-bond donors (Lipinski definition) is 1. The number of nitrogens with one attached hydrogen (secondary N) is 1. The Morgan fingerprint density at radius 3 is 2.75 bits per heavy atom. The quantitative estimate of drug-likeness (QED) is 0.821. The summed E-state index contributed by atoms with van der Waals surface area (Å²) < 4.78 is 10.6. The maximum absolute atomic E-state index is 12.5. The zero-order valence-electron chi connectivity index (χ0n) is 15.3. The molecule has 1 N–H and O–H groups in total. The summed E-state index contributed by atoms with van der Waals surface area (Å²) in [6, 6.07) is 7.00. The number of carbonyl (C=O) groups excluding carboxylic acids is 2. The number of rotatable bonds is 5. The molecule has 0 saturated carbocycles. The van der Waals surface area contributed by atoms with Gasteiger partial charge < -0.3 is 19.5 Å². The van der Waals surface area contributed by atoms with Gasteiger partial charge in [-0.15, -0.1) is 0 Å². The van der Waals surface area contributed by atoms with E-state index >= 15 is 0 Å². The first-order chi connectivity index (χ1) is 13.6. The Hall–Kier alpha value is -2.45. The van der Waals surface area contributed by atoms with Crippen LogP contribution in [0.5, 0.6) is 0 Å². The third-order valence-electron chi connectivity index (χ3n) is 5.12. The van der Waals surface area contributed by atoms with Crippen molar-refractivity contribution in [2.45, 2.75) is 31.7 Å². The molecular formula is C19H21ClN4O4. The molecular weight excluding hydrogens is 384 g/mol. The molecule has 2 aliphatic heterocycles. The van der Waals surface area contributed by atoms with Crippen LogP contribution in [0.15, 0.2) is 28.8 Å². The van der Waals surface area contributed by atoms with E-state index in [1.165, 1.54) is 0 Å². The number of aromatic nitrogens is 2. The van der Waals surface area contributed by atoms with Crippen molar-refractivity contribution >= 4 is 29.1 Å². The van der Waals surface area contributed by atoms with E-state index in [9.17, 15) is 9.59 Å². The maximum atomic E-state index is 12.5. The van der Waals surface area contributed by atoms with Gasteiger partial charge in [0.15, 0.2) is 5.82 Å². The van der Waals surface area contributed by atoms with E-state index in [0.717, 1.165) is 18.5 Å². The fourth-order valence-corrected chi connectivity index (χ4v) is 3.65. The maximum Gasteiger partial charge on any atom is 0.246 e. The first-order valence-corrected chi connectivity index (χ1v) is 9.72. The van der Waals surface area contributed by atoms with Crippen LogP contribution in [0.25, 0.3) is 0 Å². The van der Waals surface area contributed by atoms with Crippen LogP contribution < -0.4 is 10.2 Å². The van der Waals surface area contributed by atoms with Gasteiger partial charge in [0, 0.05) is 42.8 Å². The molecule has 0 radical (unpaired) electrons. The average molecular weight is 405 g/mol. The Bertz CT molecular complexity index is 848. The lowest BCUT2D eigenvalue weighted by Crippen LogP contribution is -2.32. The Kier molecular flexibility index (Phi) is 5.59. The van der Waals surface area contributed by atoms with Gasteiger partial charge in [-0.25, -0.2) is 0 Å². The predicted octanol–water partition coefficient (Wildman–Crippen LogP) is 2.29. The smallest absolute Gasteiger partial charge is 0.246 e. The van der Waals surface area contributed by atoms with Crippen molar-refractivity contribution in [3.05, 3.63) is 41.0 Å². The molecule has 1 aromatic heterocycles.